The number of nitrogen functional groups attached to an aromatic ring is 2. The molecule has 0 unspecified atom stereocenters. The summed E-state index contributed by atoms with van der Waals surface area (Å²) in [6.07, 6.45) is 0. The van der Waals surface area contributed by atoms with E-state index in [1.807, 2.05) is 0 Å². The second-order valence-electron chi connectivity index (χ2n) is 2.58. The van der Waals surface area contributed by atoms with Gasteiger partial charge in [-0.25, -0.2) is 4.79 Å². The number of carbonyl (C=O) groups is 1. The van der Waals surface area contributed by atoms with E-state index in [4.69, 9.17) is 16.7 Å². The fraction of sp³-hybridized carbons (Fsp3) is 0.111. The third kappa shape index (κ3) is 2.14. The SMILES string of the molecule is N#CCOC(=O)c1ccc(N)cc1N. The Balaban J connectivity index is 2.86. The maximum absolute atomic E-state index is 11.2. The van der Waals surface area contributed by atoms with Gasteiger partial charge < -0.3 is 16.2 Å². The molecule has 0 amide bonds. The highest BCUT2D eigenvalue weighted by Crippen LogP contribution is 2.16. The first-order valence-corrected chi connectivity index (χ1v) is 3.84. The van der Waals surface area contributed by atoms with Crippen LogP contribution in [0.15, 0.2) is 18.2 Å². The summed E-state index contributed by atoms with van der Waals surface area (Å²) in [5, 5.41) is 8.20. The van der Waals surface area contributed by atoms with Crippen LogP contribution in [0.4, 0.5) is 11.4 Å². The van der Waals surface area contributed by atoms with E-state index < -0.39 is 5.97 Å². The smallest absolute Gasteiger partial charge is 0.341 e. The van der Waals surface area contributed by atoms with E-state index in [0.717, 1.165) is 0 Å². The van der Waals surface area contributed by atoms with Gasteiger partial charge in [-0.05, 0) is 18.2 Å². The predicted octanol–water partition coefficient (Wildman–Crippen LogP) is 0.531. The van der Waals surface area contributed by atoms with Crippen LogP contribution in [-0.2, 0) is 4.74 Å². The first kappa shape index (κ1) is 9.86. The minimum atomic E-state index is -0.621. The Morgan fingerprint density at radius 2 is 2.21 bits per heavy atom. The molecule has 0 fully saturated rings. The van der Waals surface area contributed by atoms with Gasteiger partial charge in [0.15, 0.2) is 6.61 Å². The van der Waals surface area contributed by atoms with Gasteiger partial charge in [-0.3, -0.25) is 0 Å². The molecule has 0 heterocycles. The largest absolute Gasteiger partial charge is 0.447 e. The normalized spacial score (nSPS) is 9.07. The van der Waals surface area contributed by atoms with Crippen LogP contribution in [0.1, 0.15) is 10.4 Å². The molecule has 0 aromatic heterocycles. The highest BCUT2D eigenvalue weighted by atomic mass is 16.5. The van der Waals surface area contributed by atoms with Crippen LogP contribution < -0.4 is 11.5 Å². The first-order valence-electron chi connectivity index (χ1n) is 3.84. The van der Waals surface area contributed by atoms with Gasteiger partial charge in [-0.15, -0.1) is 0 Å². The zero-order valence-electron chi connectivity index (χ0n) is 7.36. The fourth-order valence-corrected chi connectivity index (χ4v) is 0.943. The number of carbonyl (C=O) groups excluding carboxylic acids is 1. The Morgan fingerprint density at radius 1 is 1.50 bits per heavy atom. The van der Waals surface area contributed by atoms with Crippen LogP contribution in [-0.4, -0.2) is 12.6 Å². The van der Waals surface area contributed by atoms with Crippen molar-refractivity contribution >= 4 is 17.3 Å². The molecule has 0 bridgehead atoms. The van der Waals surface area contributed by atoms with Gasteiger partial charge in [0.25, 0.3) is 0 Å². The zero-order valence-corrected chi connectivity index (χ0v) is 7.36. The van der Waals surface area contributed by atoms with Gasteiger partial charge in [0.2, 0.25) is 0 Å². The number of nitriles is 1. The van der Waals surface area contributed by atoms with Gasteiger partial charge in [0.05, 0.1) is 5.56 Å². The molecule has 4 N–H and O–H groups in total. The number of ether oxygens (including phenoxy) is 1. The number of nitrogens with two attached hydrogens (primary N) is 2. The van der Waals surface area contributed by atoms with E-state index in [-0.39, 0.29) is 17.9 Å². The van der Waals surface area contributed by atoms with E-state index in [9.17, 15) is 4.79 Å². The lowest BCUT2D eigenvalue weighted by molar-refractivity contribution is 0.0556. The van der Waals surface area contributed by atoms with Crippen molar-refractivity contribution in [3.05, 3.63) is 23.8 Å². The molecule has 72 valence electrons. The molecule has 0 saturated carbocycles. The maximum atomic E-state index is 11.2. The van der Waals surface area contributed by atoms with Gasteiger partial charge in [-0.2, -0.15) is 5.26 Å². The second kappa shape index (κ2) is 4.14. The van der Waals surface area contributed by atoms with Crippen molar-refractivity contribution in [3.8, 4) is 6.07 Å². The van der Waals surface area contributed by atoms with Crippen LogP contribution in [0.5, 0.6) is 0 Å². The van der Waals surface area contributed by atoms with E-state index in [2.05, 4.69) is 4.74 Å². The monoisotopic (exact) mass is 191 g/mol. The van der Waals surface area contributed by atoms with Crippen molar-refractivity contribution in [2.45, 2.75) is 0 Å². The summed E-state index contributed by atoms with van der Waals surface area (Å²) in [5.41, 5.74) is 11.9. The molecule has 0 aliphatic rings. The standard InChI is InChI=1S/C9H9N3O2/c10-3-4-14-9(13)7-2-1-6(11)5-8(7)12/h1-2,5H,4,11-12H2. The van der Waals surface area contributed by atoms with Crippen molar-refractivity contribution in [1.29, 1.82) is 5.26 Å². The minimum Gasteiger partial charge on any atom is -0.447 e. The average Bonchev–Trinajstić information content (AvgIpc) is 2.14. The molecule has 14 heavy (non-hydrogen) atoms. The van der Waals surface area contributed by atoms with Crippen LogP contribution in [0.25, 0.3) is 0 Å². The molecule has 0 radical (unpaired) electrons. The van der Waals surface area contributed by atoms with Crippen molar-refractivity contribution in [2.75, 3.05) is 18.1 Å². The second-order valence-corrected chi connectivity index (χ2v) is 2.58. The lowest BCUT2D eigenvalue weighted by Crippen LogP contribution is -2.08. The topological polar surface area (TPSA) is 102 Å². The molecular formula is C9H9N3O2. The lowest BCUT2D eigenvalue weighted by atomic mass is 10.1. The number of nitrogens with zero attached hydrogens (tertiary/aromatic N) is 1. The van der Waals surface area contributed by atoms with E-state index in [1.54, 1.807) is 12.1 Å². The summed E-state index contributed by atoms with van der Waals surface area (Å²) in [6.45, 7) is -0.289. The molecular weight excluding hydrogens is 182 g/mol. The fourth-order valence-electron chi connectivity index (χ4n) is 0.943. The molecule has 0 aliphatic heterocycles. The van der Waals surface area contributed by atoms with Crippen LogP contribution >= 0.6 is 0 Å². The molecule has 1 rings (SSSR count). The average molecular weight is 191 g/mol. The molecule has 0 spiro atoms. The van der Waals surface area contributed by atoms with Crippen molar-refractivity contribution in [2.24, 2.45) is 0 Å². The number of rotatable bonds is 2. The molecule has 1 aromatic carbocycles. The Bertz CT molecular complexity index is 396. The van der Waals surface area contributed by atoms with E-state index in [0.29, 0.717) is 5.69 Å². The summed E-state index contributed by atoms with van der Waals surface area (Å²) in [6, 6.07) is 6.16. The Hall–Kier alpha value is -2.22. The molecule has 0 aliphatic carbocycles. The highest BCUT2D eigenvalue weighted by molar-refractivity contribution is 5.95. The number of anilines is 2. The molecule has 1 aromatic rings. The summed E-state index contributed by atoms with van der Waals surface area (Å²) in [4.78, 5) is 11.2. The van der Waals surface area contributed by atoms with Crippen LogP contribution in [0.3, 0.4) is 0 Å². The molecule has 5 heteroatoms. The Labute approximate surface area is 80.9 Å². The number of esters is 1. The Kier molecular flexibility index (Phi) is 2.92. The summed E-state index contributed by atoms with van der Waals surface area (Å²) < 4.78 is 4.58. The van der Waals surface area contributed by atoms with Crippen molar-refractivity contribution < 1.29 is 9.53 Å². The third-order valence-corrected chi connectivity index (χ3v) is 1.56. The van der Waals surface area contributed by atoms with Crippen molar-refractivity contribution in [3.63, 3.8) is 0 Å². The first-order chi connectivity index (χ1) is 6.65. The van der Waals surface area contributed by atoms with Crippen LogP contribution in [0, 0.1) is 11.3 Å². The van der Waals surface area contributed by atoms with E-state index >= 15 is 0 Å². The highest BCUT2D eigenvalue weighted by Gasteiger charge is 2.10. The van der Waals surface area contributed by atoms with Gasteiger partial charge >= 0.3 is 5.97 Å². The summed E-state index contributed by atoms with van der Waals surface area (Å²) in [7, 11) is 0. The predicted molar refractivity (Wildman–Crippen MR) is 51.2 cm³/mol. The number of benzene rings is 1. The minimum absolute atomic E-state index is 0.217. The molecule has 0 atom stereocenters. The van der Waals surface area contributed by atoms with Gasteiger partial charge in [-0.1, -0.05) is 0 Å². The third-order valence-electron chi connectivity index (χ3n) is 1.56. The van der Waals surface area contributed by atoms with Crippen molar-refractivity contribution in [1.82, 2.24) is 0 Å². The Morgan fingerprint density at radius 3 is 2.79 bits per heavy atom. The van der Waals surface area contributed by atoms with Gasteiger partial charge in [0.1, 0.15) is 6.07 Å². The lowest BCUT2D eigenvalue weighted by Gasteiger charge is -2.04. The molecule has 0 saturated heterocycles. The molecule has 5 nitrogen and oxygen atoms in total. The summed E-state index contributed by atoms with van der Waals surface area (Å²) >= 11 is 0. The zero-order chi connectivity index (χ0) is 10.6. The van der Waals surface area contributed by atoms with Gasteiger partial charge in [0, 0.05) is 11.4 Å². The maximum Gasteiger partial charge on any atom is 0.341 e. The van der Waals surface area contributed by atoms with Crippen LogP contribution in [0.2, 0.25) is 0 Å². The van der Waals surface area contributed by atoms with E-state index in [1.165, 1.54) is 12.1 Å². The number of hydrogen-bond acceptors (Lipinski definition) is 5. The quantitative estimate of drug-likeness (QED) is 0.524. The number of hydrogen-bond donors (Lipinski definition) is 2. The summed E-state index contributed by atoms with van der Waals surface area (Å²) in [5.74, 6) is -0.621.